The smallest absolute Gasteiger partial charge is 0.254 e. The maximum absolute atomic E-state index is 12.7. The Labute approximate surface area is 136 Å². The summed E-state index contributed by atoms with van der Waals surface area (Å²) in [5.41, 5.74) is 4.41. The number of rotatable bonds is 2. The van der Waals surface area contributed by atoms with Crippen molar-refractivity contribution < 1.29 is 4.79 Å². The van der Waals surface area contributed by atoms with Crippen LogP contribution in [0.5, 0.6) is 0 Å². The summed E-state index contributed by atoms with van der Waals surface area (Å²) in [6, 6.07) is 8.21. The first-order valence-electron chi connectivity index (χ1n) is 8.42. The number of carbonyl (C=O) groups excluding carboxylic acids is 1. The third-order valence-electron chi connectivity index (χ3n) is 5.01. The average molecular weight is 310 g/mol. The second-order valence-electron chi connectivity index (χ2n) is 6.52. The molecule has 1 unspecified atom stereocenters. The summed E-state index contributed by atoms with van der Waals surface area (Å²) >= 11 is 0. The Morgan fingerprint density at radius 2 is 2.13 bits per heavy atom. The van der Waals surface area contributed by atoms with Crippen LogP contribution in [0.2, 0.25) is 0 Å². The van der Waals surface area contributed by atoms with E-state index < -0.39 is 0 Å². The van der Waals surface area contributed by atoms with Gasteiger partial charge in [-0.1, -0.05) is 12.1 Å². The molecule has 4 rings (SSSR count). The van der Waals surface area contributed by atoms with Gasteiger partial charge in [0.25, 0.3) is 5.91 Å². The maximum Gasteiger partial charge on any atom is 0.254 e. The van der Waals surface area contributed by atoms with Crippen LogP contribution in [-0.2, 0) is 13.0 Å². The Kier molecular flexibility index (Phi) is 3.87. The third kappa shape index (κ3) is 2.88. The van der Waals surface area contributed by atoms with E-state index >= 15 is 0 Å². The van der Waals surface area contributed by atoms with E-state index in [0.29, 0.717) is 12.5 Å². The fourth-order valence-electron chi connectivity index (χ4n) is 3.61. The zero-order valence-corrected chi connectivity index (χ0v) is 13.2. The lowest BCUT2D eigenvalue weighted by atomic mass is 9.91. The molecule has 5 heteroatoms. The van der Waals surface area contributed by atoms with E-state index in [1.54, 1.807) is 0 Å². The number of carbonyl (C=O) groups is 1. The molecule has 1 aromatic carbocycles. The molecule has 0 radical (unpaired) electrons. The number of hydrogen-bond acceptors (Lipinski definition) is 3. The molecule has 3 heterocycles. The Hall–Kier alpha value is -2.14. The summed E-state index contributed by atoms with van der Waals surface area (Å²) in [6.45, 7) is 3.57. The van der Waals surface area contributed by atoms with E-state index in [0.717, 1.165) is 42.9 Å². The highest BCUT2D eigenvalue weighted by Gasteiger charge is 2.23. The summed E-state index contributed by atoms with van der Waals surface area (Å²) in [5.74, 6) is 0.696. The molecule has 1 amide bonds. The summed E-state index contributed by atoms with van der Waals surface area (Å²) in [5, 5.41) is 10.5. The van der Waals surface area contributed by atoms with Crippen LogP contribution in [0.3, 0.4) is 0 Å². The van der Waals surface area contributed by atoms with Gasteiger partial charge >= 0.3 is 0 Å². The van der Waals surface area contributed by atoms with E-state index in [1.807, 2.05) is 23.2 Å². The quantitative estimate of drug-likeness (QED) is 0.893. The fraction of sp³-hybridized carbons (Fsp3) is 0.444. The summed E-state index contributed by atoms with van der Waals surface area (Å²) in [4.78, 5) is 14.6. The van der Waals surface area contributed by atoms with Crippen LogP contribution in [0.1, 0.15) is 45.9 Å². The first-order chi connectivity index (χ1) is 11.3. The van der Waals surface area contributed by atoms with Crippen molar-refractivity contribution in [3.63, 3.8) is 0 Å². The molecule has 1 aromatic heterocycles. The molecule has 120 valence electrons. The van der Waals surface area contributed by atoms with Crippen LogP contribution in [0.25, 0.3) is 0 Å². The number of aromatic nitrogens is 2. The second-order valence-corrected chi connectivity index (χ2v) is 6.52. The molecule has 1 atom stereocenters. The van der Waals surface area contributed by atoms with Crippen LogP contribution in [0, 0.1) is 0 Å². The normalized spacial score (nSPS) is 21.0. The number of hydrogen-bond donors (Lipinski definition) is 2. The van der Waals surface area contributed by atoms with Gasteiger partial charge in [0.05, 0.1) is 6.20 Å². The number of nitrogens with one attached hydrogen (secondary N) is 2. The third-order valence-corrected chi connectivity index (χ3v) is 5.01. The Bertz CT molecular complexity index is 685. The fourth-order valence-corrected chi connectivity index (χ4v) is 3.61. The monoisotopic (exact) mass is 310 g/mol. The van der Waals surface area contributed by atoms with Crippen molar-refractivity contribution in [1.29, 1.82) is 0 Å². The number of aromatic amines is 1. The van der Waals surface area contributed by atoms with Gasteiger partial charge in [-0.2, -0.15) is 5.10 Å². The zero-order valence-electron chi connectivity index (χ0n) is 13.2. The first-order valence-corrected chi connectivity index (χ1v) is 8.42. The SMILES string of the molecule is O=C(c1ccc(C2CCCNC2)cc1)N1CCc2[nH]ncc2C1. The van der Waals surface area contributed by atoms with Gasteiger partial charge in [0, 0.05) is 42.9 Å². The minimum absolute atomic E-state index is 0.116. The van der Waals surface area contributed by atoms with Crippen molar-refractivity contribution in [3.05, 3.63) is 52.8 Å². The highest BCUT2D eigenvalue weighted by atomic mass is 16.2. The molecule has 0 aliphatic carbocycles. The predicted octanol–water partition coefficient (Wildman–Crippen LogP) is 2.08. The van der Waals surface area contributed by atoms with Crippen LogP contribution >= 0.6 is 0 Å². The van der Waals surface area contributed by atoms with Crippen LogP contribution in [0.4, 0.5) is 0 Å². The molecule has 23 heavy (non-hydrogen) atoms. The lowest BCUT2D eigenvalue weighted by Crippen LogP contribution is -2.35. The second kappa shape index (κ2) is 6.16. The van der Waals surface area contributed by atoms with Gasteiger partial charge in [-0.25, -0.2) is 0 Å². The molecule has 2 aromatic rings. The van der Waals surface area contributed by atoms with Gasteiger partial charge in [0.2, 0.25) is 0 Å². The molecule has 0 bridgehead atoms. The molecular formula is C18H22N4O. The van der Waals surface area contributed by atoms with Crippen LogP contribution in [0.15, 0.2) is 30.5 Å². The van der Waals surface area contributed by atoms with Gasteiger partial charge < -0.3 is 10.2 Å². The first kappa shape index (κ1) is 14.5. The van der Waals surface area contributed by atoms with Gasteiger partial charge in [-0.15, -0.1) is 0 Å². The van der Waals surface area contributed by atoms with Crippen molar-refractivity contribution in [2.45, 2.75) is 31.7 Å². The van der Waals surface area contributed by atoms with E-state index in [4.69, 9.17) is 0 Å². The van der Waals surface area contributed by atoms with Crippen molar-refractivity contribution >= 4 is 5.91 Å². The van der Waals surface area contributed by atoms with Crippen molar-refractivity contribution in [1.82, 2.24) is 20.4 Å². The lowest BCUT2D eigenvalue weighted by Gasteiger charge is -2.27. The lowest BCUT2D eigenvalue weighted by molar-refractivity contribution is 0.0734. The minimum Gasteiger partial charge on any atom is -0.334 e. The molecule has 0 saturated carbocycles. The molecule has 1 saturated heterocycles. The van der Waals surface area contributed by atoms with E-state index in [1.165, 1.54) is 18.4 Å². The van der Waals surface area contributed by atoms with Gasteiger partial charge in [0.1, 0.15) is 0 Å². The van der Waals surface area contributed by atoms with Crippen molar-refractivity contribution in [2.24, 2.45) is 0 Å². The summed E-state index contributed by atoms with van der Waals surface area (Å²) in [7, 11) is 0. The number of fused-ring (bicyclic) bond motifs is 1. The number of nitrogens with zero attached hydrogens (tertiary/aromatic N) is 2. The molecule has 2 N–H and O–H groups in total. The number of benzene rings is 1. The summed E-state index contributed by atoms with van der Waals surface area (Å²) < 4.78 is 0. The van der Waals surface area contributed by atoms with Crippen molar-refractivity contribution in [2.75, 3.05) is 19.6 Å². The number of piperidine rings is 1. The van der Waals surface area contributed by atoms with Gasteiger partial charge in [0.15, 0.2) is 0 Å². The molecule has 5 nitrogen and oxygen atoms in total. The Balaban J connectivity index is 1.46. The van der Waals surface area contributed by atoms with Gasteiger partial charge in [-0.3, -0.25) is 9.89 Å². The maximum atomic E-state index is 12.7. The minimum atomic E-state index is 0.116. The topological polar surface area (TPSA) is 61.0 Å². The van der Waals surface area contributed by atoms with E-state index in [-0.39, 0.29) is 5.91 Å². The highest BCUT2D eigenvalue weighted by Crippen LogP contribution is 2.24. The Morgan fingerprint density at radius 3 is 2.91 bits per heavy atom. The molecular weight excluding hydrogens is 288 g/mol. The van der Waals surface area contributed by atoms with Crippen molar-refractivity contribution in [3.8, 4) is 0 Å². The molecule has 2 aliphatic rings. The number of H-pyrrole nitrogens is 1. The largest absolute Gasteiger partial charge is 0.334 e. The number of amides is 1. The summed E-state index contributed by atoms with van der Waals surface area (Å²) in [6.07, 6.45) is 5.14. The van der Waals surface area contributed by atoms with Gasteiger partial charge in [-0.05, 0) is 43.0 Å². The Morgan fingerprint density at radius 1 is 1.26 bits per heavy atom. The predicted molar refractivity (Wildman–Crippen MR) is 88.3 cm³/mol. The van der Waals surface area contributed by atoms with E-state index in [9.17, 15) is 4.79 Å². The highest BCUT2D eigenvalue weighted by molar-refractivity contribution is 5.94. The van der Waals surface area contributed by atoms with Crippen LogP contribution in [-0.4, -0.2) is 40.6 Å². The molecule has 2 aliphatic heterocycles. The standard InChI is InChI=1S/C18H22N4O/c23-18(22-9-7-17-16(12-22)11-20-21-17)14-5-3-13(4-6-14)15-2-1-8-19-10-15/h3-6,11,15,19H,1-2,7-10,12H2,(H,20,21). The average Bonchev–Trinajstić information content (AvgIpc) is 3.10. The molecule has 1 fully saturated rings. The zero-order chi connectivity index (χ0) is 15.6. The van der Waals surface area contributed by atoms with Crippen LogP contribution < -0.4 is 5.32 Å². The van der Waals surface area contributed by atoms with E-state index in [2.05, 4.69) is 27.6 Å². The molecule has 0 spiro atoms.